The molecular weight excluding hydrogens is 298 g/mol. The maximum absolute atomic E-state index is 12.4. The summed E-state index contributed by atoms with van der Waals surface area (Å²) >= 11 is 0. The minimum atomic E-state index is -1.08. The number of amides is 1. The number of nitrogens with zero attached hydrogens (tertiary/aromatic N) is 3. The van der Waals surface area contributed by atoms with Crippen molar-refractivity contribution in [1.29, 1.82) is 0 Å². The van der Waals surface area contributed by atoms with E-state index in [4.69, 9.17) is 4.74 Å². The molecule has 0 unspecified atom stereocenters. The van der Waals surface area contributed by atoms with Gasteiger partial charge in [-0.3, -0.25) is 4.79 Å². The number of aliphatic carboxylic acids is 1. The molecule has 1 N–H and O–H groups in total. The summed E-state index contributed by atoms with van der Waals surface area (Å²) in [5.74, 6) is -1.31. The molecule has 0 saturated carbocycles. The van der Waals surface area contributed by atoms with E-state index in [1.165, 1.54) is 26.3 Å². The normalized spacial score (nSPS) is 11.6. The number of carbonyl (C=O) groups excluding carboxylic acids is 1. The number of rotatable bonds is 6. The van der Waals surface area contributed by atoms with Crippen LogP contribution >= 0.6 is 0 Å². The molecule has 1 aromatic heterocycles. The lowest BCUT2D eigenvalue weighted by Crippen LogP contribution is -2.44. The molecule has 23 heavy (non-hydrogen) atoms. The van der Waals surface area contributed by atoms with Crippen LogP contribution in [0, 0.1) is 0 Å². The van der Waals surface area contributed by atoms with Crippen LogP contribution in [0.2, 0.25) is 0 Å². The molecule has 0 aliphatic heterocycles. The van der Waals surface area contributed by atoms with E-state index in [1.807, 2.05) is 30.3 Å². The van der Waals surface area contributed by atoms with Gasteiger partial charge < -0.3 is 14.7 Å². The number of hydrogen-bond acceptors (Lipinski definition) is 5. The van der Waals surface area contributed by atoms with Gasteiger partial charge in [0.25, 0.3) is 5.91 Å². The molecular formula is C16H17N3O4. The van der Waals surface area contributed by atoms with Crippen molar-refractivity contribution >= 4 is 11.9 Å². The Balaban J connectivity index is 2.17. The van der Waals surface area contributed by atoms with Crippen LogP contribution in [0.25, 0.3) is 0 Å². The average molecular weight is 315 g/mol. The van der Waals surface area contributed by atoms with E-state index in [2.05, 4.69) is 10.2 Å². The van der Waals surface area contributed by atoms with Crippen molar-refractivity contribution in [2.45, 2.75) is 12.5 Å². The van der Waals surface area contributed by atoms with E-state index in [-0.39, 0.29) is 18.0 Å². The molecule has 120 valence electrons. The van der Waals surface area contributed by atoms with Crippen molar-refractivity contribution in [2.75, 3.05) is 14.2 Å². The predicted molar refractivity (Wildman–Crippen MR) is 82.2 cm³/mol. The Bertz CT molecular complexity index is 673. The smallest absolute Gasteiger partial charge is 0.326 e. The number of carbonyl (C=O) groups is 2. The Morgan fingerprint density at radius 3 is 2.39 bits per heavy atom. The lowest BCUT2D eigenvalue weighted by molar-refractivity contribution is -0.141. The van der Waals surface area contributed by atoms with Gasteiger partial charge in [0.15, 0.2) is 5.69 Å². The zero-order valence-corrected chi connectivity index (χ0v) is 12.8. The molecule has 0 bridgehead atoms. The molecule has 1 heterocycles. The second kappa shape index (κ2) is 7.35. The monoisotopic (exact) mass is 315 g/mol. The van der Waals surface area contributed by atoms with Crippen molar-refractivity contribution in [3.8, 4) is 5.88 Å². The van der Waals surface area contributed by atoms with E-state index in [1.54, 1.807) is 0 Å². The van der Waals surface area contributed by atoms with Crippen LogP contribution in [0.15, 0.2) is 42.5 Å². The molecule has 7 heteroatoms. The molecule has 0 saturated heterocycles. The molecule has 1 amide bonds. The topological polar surface area (TPSA) is 92.6 Å². The van der Waals surface area contributed by atoms with E-state index in [0.717, 1.165) is 10.5 Å². The fourth-order valence-electron chi connectivity index (χ4n) is 2.09. The first-order valence-electron chi connectivity index (χ1n) is 6.94. The van der Waals surface area contributed by atoms with E-state index < -0.39 is 17.9 Å². The first-order chi connectivity index (χ1) is 11.0. The fourth-order valence-corrected chi connectivity index (χ4v) is 2.09. The van der Waals surface area contributed by atoms with E-state index in [0.29, 0.717) is 0 Å². The van der Waals surface area contributed by atoms with Gasteiger partial charge in [-0.15, -0.1) is 10.2 Å². The summed E-state index contributed by atoms with van der Waals surface area (Å²) in [5, 5.41) is 16.9. The molecule has 1 atom stereocenters. The second-order valence-corrected chi connectivity index (χ2v) is 4.92. The number of carboxylic acid groups (broad SMARTS) is 1. The Kier molecular flexibility index (Phi) is 5.24. The third-order valence-electron chi connectivity index (χ3n) is 3.41. The van der Waals surface area contributed by atoms with Gasteiger partial charge >= 0.3 is 5.97 Å². The molecule has 0 aliphatic rings. The van der Waals surface area contributed by atoms with Gasteiger partial charge in [0.05, 0.1) is 7.11 Å². The highest BCUT2D eigenvalue weighted by atomic mass is 16.5. The van der Waals surface area contributed by atoms with Gasteiger partial charge in [-0.05, 0) is 11.6 Å². The van der Waals surface area contributed by atoms with Crippen molar-refractivity contribution in [1.82, 2.24) is 15.1 Å². The molecule has 2 rings (SSSR count). The third kappa shape index (κ3) is 4.03. The van der Waals surface area contributed by atoms with Gasteiger partial charge in [-0.1, -0.05) is 30.3 Å². The number of aromatic nitrogens is 2. The molecule has 0 radical (unpaired) electrons. The van der Waals surface area contributed by atoms with Crippen LogP contribution in [0.4, 0.5) is 0 Å². The number of carboxylic acids is 1. The molecule has 0 fully saturated rings. The van der Waals surface area contributed by atoms with Crippen LogP contribution in [0.1, 0.15) is 16.1 Å². The zero-order valence-electron chi connectivity index (χ0n) is 12.8. The SMILES string of the molecule is COc1ccc(C(=O)N(C)[C@H](Cc2ccccc2)C(=O)O)nn1. The lowest BCUT2D eigenvalue weighted by atomic mass is 10.0. The summed E-state index contributed by atoms with van der Waals surface area (Å²) in [5.41, 5.74) is 0.896. The molecule has 0 aliphatic carbocycles. The minimum Gasteiger partial charge on any atom is -0.480 e. The van der Waals surface area contributed by atoms with Crippen molar-refractivity contribution < 1.29 is 19.4 Å². The molecule has 0 spiro atoms. The average Bonchev–Trinajstić information content (AvgIpc) is 2.59. The largest absolute Gasteiger partial charge is 0.480 e. The summed E-state index contributed by atoms with van der Waals surface area (Å²) in [7, 11) is 2.88. The van der Waals surface area contributed by atoms with Crippen LogP contribution < -0.4 is 4.74 Å². The summed E-state index contributed by atoms with van der Waals surface area (Å²) in [4.78, 5) is 25.1. The Hall–Kier alpha value is -2.96. The number of ether oxygens (including phenoxy) is 1. The van der Waals surface area contributed by atoms with Crippen molar-refractivity contribution in [3.05, 3.63) is 53.7 Å². The number of likely N-dealkylation sites (N-methyl/N-ethyl adjacent to an activating group) is 1. The number of benzene rings is 1. The highest BCUT2D eigenvalue weighted by molar-refractivity contribution is 5.94. The van der Waals surface area contributed by atoms with Crippen LogP contribution in [-0.4, -0.2) is 52.3 Å². The summed E-state index contributed by atoms with van der Waals surface area (Å²) in [6, 6.07) is 11.1. The van der Waals surface area contributed by atoms with Gasteiger partial charge in [0.2, 0.25) is 5.88 Å². The van der Waals surface area contributed by atoms with Crippen molar-refractivity contribution in [2.24, 2.45) is 0 Å². The molecule has 1 aromatic carbocycles. The van der Waals surface area contributed by atoms with Gasteiger partial charge in [-0.2, -0.15) is 0 Å². The maximum Gasteiger partial charge on any atom is 0.326 e. The van der Waals surface area contributed by atoms with Crippen LogP contribution in [0.3, 0.4) is 0 Å². The third-order valence-corrected chi connectivity index (χ3v) is 3.41. The van der Waals surface area contributed by atoms with Gasteiger partial charge in [0, 0.05) is 19.5 Å². The maximum atomic E-state index is 12.4. The van der Waals surface area contributed by atoms with Crippen LogP contribution in [0.5, 0.6) is 5.88 Å². The molecule has 2 aromatic rings. The standard InChI is InChI=1S/C16H17N3O4/c1-19(15(20)12-8-9-14(23-2)18-17-12)13(16(21)22)10-11-6-4-3-5-7-11/h3-9,13H,10H2,1-2H3,(H,21,22)/t13-/m1/s1. The Labute approximate surface area is 133 Å². The predicted octanol–water partition coefficient (Wildman–Crippen LogP) is 1.25. The first-order valence-corrected chi connectivity index (χ1v) is 6.94. The van der Waals surface area contributed by atoms with Crippen molar-refractivity contribution in [3.63, 3.8) is 0 Å². The highest BCUT2D eigenvalue weighted by Crippen LogP contribution is 2.12. The van der Waals surface area contributed by atoms with Gasteiger partial charge in [0.1, 0.15) is 6.04 Å². The summed E-state index contributed by atoms with van der Waals surface area (Å²) in [6.07, 6.45) is 0.210. The Morgan fingerprint density at radius 1 is 1.17 bits per heavy atom. The minimum absolute atomic E-state index is 0.0626. The second-order valence-electron chi connectivity index (χ2n) is 4.92. The quantitative estimate of drug-likeness (QED) is 0.862. The summed E-state index contributed by atoms with van der Waals surface area (Å²) < 4.78 is 4.88. The highest BCUT2D eigenvalue weighted by Gasteiger charge is 2.28. The number of hydrogen-bond donors (Lipinski definition) is 1. The fraction of sp³-hybridized carbons (Fsp3) is 0.250. The van der Waals surface area contributed by atoms with Crippen LogP contribution in [-0.2, 0) is 11.2 Å². The molecule has 7 nitrogen and oxygen atoms in total. The van der Waals surface area contributed by atoms with Gasteiger partial charge in [-0.25, -0.2) is 4.79 Å². The zero-order chi connectivity index (χ0) is 16.8. The number of methoxy groups -OCH3 is 1. The van der Waals surface area contributed by atoms with E-state index >= 15 is 0 Å². The Morgan fingerprint density at radius 2 is 1.87 bits per heavy atom. The first kappa shape index (κ1) is 16.4. The van der Waals surface area contributed by atoms with E-state index in [9.17, 15) is 14.7 Å². The summed E-state index contributed by atoms with van der Waals surface area (Å²) in [6.45, 7) is 0. The lowest BCUT2D eigenvalue weighted by Gasteiger charge is -2.24.